The number of rotatable bonds is 1. The summed E-state index contributed by atoms with van der Waals surface area (Å²) in [5.41, 5.74) is 6.94. The molecular weight excluding hydrogens is 224 g/mol. The zero-order chi connectivity index (χ0) is 11.0. The van der Waals surface area contributed by atoms with Crippen LogP contribution in [-0.4, -0.2) is 41.7 Å². The van der Waals surface area contributed by atoms with Gasteiger partial charge in [-0.3, -0.25) is 15.0 Å². The summed E-state index contributed by atoms with van der Waals surface area (Å²) in [6.07, 6.45) is 0. The third-order valence-corrected chi connectivity index (χ3v) is 1.47. The SMILES string of the molecule is NC(=O)S.O=C(S)NN1CCNCC1. The maximum Gasteiger partial charge on any atom is 0.290 e. The van der Waals surface area contributed by atoms with Gasteiger partial charge >= 0.3 is 0 Å². The highest BCUT2D eigenvalue weighted by molar-refractivity contribution is 7.96. The Labute approximate surface area is 93.4 Å². The van der Waals surface area contributed by atoms with Crippen molar-refractivity contribution in [2.45, 2.75) is 0 Å². The molecule has 0 atom stereocenters. The van der Waals surface area contributed by atoms with Gasteiger partial charge in [-0.15, -0.1) is 0 Å². The number of hydrogen-bond acceptors (Lipinski definition) is 4. The second-order valence-corrected chi connectivity index (χ2v) is 3.34. The molecule has 0 aromatic rings. The van der Waals surface area contributed by atoms with Gasteiger partial charge in [0.25, 0.3) is 10.5 Å². The molecule has 1 aliphatic heterocycles. The molecule has 8 heteroatoms. The van der Waals surface area contributed by atoms with Crippen LogP contribution >= 0.6 is 25.3 Å². The Balaban J connectivity index is 0.000000364. The lowest BCUT2D eigenvalue weighted by molar-refractivity contribution is 0.176. The first-order valence-corrected chi connectivity index (χ1v) is 4.85. The average Bonchev–Trinajstić information content (AvgIpc) is 2.03. The highest BCUT2D eigenvalue weighted by Crippen LogP contribution is 1.87. The minimum atomic E-state index is -0.639. The van der Waals surface area contributed by atoms with Gasteiger partial charge in [0.1, 0.15) is 0 Å². The molecule has 0 spiro atoms. The third kappa shape index (κ3) is 9.65. The van der Waals surface area contributed by atoms with Crippen LogP contribution in [0.2, 0.25) is 0 Å². The number of carbonyl (C=O) groups is 2. The van der Waals surface area contributed by atoms with E-state index in [0.717, 1.165) is 26.2 Å². The van der Waals surface area contributed by atoms with Crippen molar-refractivity contribution in [2.24, 2.45) is 5.73 Å². The number of amides is 2. The number of primary amides is 1. The Bertz CT molecular complexity index is 192. The summed E-state index contributed by atoms with van der Waals surface area (Å²) in [7, 11) is 0. The lowest BCUT2D eigenvalue weighted by Crippen LogP contribution is -2.50. The van der Waals surface area contributed by atoms with Crippen molar-refractivity contribution in [1.29, 1.82) is 0 Å². The summed E-state index contributed by atoms with van der Waals surface area (Å²) in [6.45, 7) is 3.56. The molecule has 1 fully saturated rings. The Morgan fingerprint density at radius 3 is 2.07 bits per heavy atom. The van der Waals surface area contributed by atoms with Crippen LogP contribution in [0.25, 0.3) is 0 Å². The van der Waals surface area contributed by atoms with Crippen molar-refractivity contribution < 1.29 is 9.59 Å². The van der Waals surface area contributed by atoms with Crippen LogP contribution in [0.3, 0.4) is 0 Å². The zero-order valence-electron chi connectivity index (χ0n) is 7.56. The first-order valence-electron chi connectivity index (χ1n) is 3.96. The lowest BCUT2D eigenvalue weighted by atomic mass is 10.4. The van der Waals surface area contributed by atoms with E-state index in [4.69, 9.17) is 4.79 Å². The Morgan fingerprint density at radius 1 is 1.29 bits per heavy atom. The van der Waals surface area contributed by atoms with E-state index in [1.54, 1.807) is 0 Å². The van der Waals surface area contributed by atoms with E-state index in [1.165, 1.54) is 0 Å². The van der Waals surface area contributed by atoms with E-state index >= 15 is 0 Å². The van der Waals surface area contributed by atoms with Crippen molar-refractivity contribution >= 4 is 35.7 Å². The normalized spacial score (nSPS) is 16.4. The summed E-state index contributed by atoms with van der Waals surface area (Å²) in [5, 5.41) is 4.09. The molecular formula is C6H14N4O2S2. The second-order valence-electron chi connectivity index (χ2n) is 2.49. The average molecular weight is 238 g/mol. The predicted molar refractivity (Wildman–Crippen MR) is 60.5 cm³/mol. The van der Waals surface area contributed by atoms with Gasteiger partial charge in [-0.1, -0.05) is 25.3 Å². The van der Waals surface area contributed by atoms with Crippen molar-refractivity contribution in [3.05, 3.63) is 0 Å². The van der Waals surface area contributed by atoms with Crippen molar-refractivity contribution in [3.63, 3.8) is 0 Å². The highest BCUT2D eigenvalue weighted by atomic mass is 32.1. The number of carbonyl (C=O) groups excluding carboxylic acids is 2. The zero-order valence-corrected chi connectivity index (χ0v) is 9.35. The number of piperazine rings is 1. The van der Waals surface area contributed by atoms with E-state index in [0.29, 0.717) is 0 Å². The van der Waals surface area contributed by atoms with Crippen molar-refractivity contribution in [1.82, 2.24) is 15.8 Å². The molecule has 0 saturated carbocycles. The molecule has 4 N–H and O–H groups in total. The van der Waals surface area contributed by atoms with Gasteiger partial charge in [-0.2, -0.15) is 0 Å². The fourth-order valence-corrected chi connectivity index (χ4v) is 1.05. The highest BCUT2D eigenvalue weighted by Gasteiger charge is 2.09. The molecule has 1 heterocycles. The molecule has 6 nitrogen and oxygen atoms in total. The Kier molecular flexibility index (Phi) is 7.67. The van der Waals surface area contributed by atoms with E-state index in [9.17, 15) is 4.79 Å². The molecule has 0 bridgehead atoms. The predicted octanol–water partition coefficient (Wildman–Crippen LogP) is -0.559. The van der Waals surface area contributed by atoms with E-state index in [2.05, 4.69) is 41.7 Å². The summed E-state index contributed by atoms with van der Waals surface area (Å²) < 4.78 is 0. The quantitative estimate of drug-likeness (QED) is 0.396. The minimum absolute atomic E-state index is 0.290. The summed E-state index contributed by atoms with van der Waals surface area (Å²) >= 11 is 6.70. The van der Waals surface area contributed by atoms with Gasteiger partial charge in [-0.05, 0) is 0 Å². The van der Waals surface area contributed by atoms with E-state index in [1.807, 2.05) is 5.01 Å². The number of nitrogens with one attached hydrogen (secondary N) is 2. The standard InChI is InChI=1S/C5H11N3OS.CH3NOS/c9-5(10)7-8-3-1-6-2-4-8;2-1(3)4/h6H,1-4H2,(H2,7,9,10);(H3,2,3,4). The molecule has 14 heavy (non-hydrogen) atoms. The van der Waals surface area contributed by atoms with Gasteiger partial charge in [-0.25, -0.2) is 5.01 Å². The monoisotopic (exact) mass is 238 g/mol. The van der Waals surface area contributed by atoms with Crippen LogP contribution in [0.5, 0.6) is 0 Å². The number of nitrogens with two attached hydrogens (primary N) is 1. The maximum atomic E-state index is 10.4. The summed E-state index contributed by atoms with van der Waals surface area (Å²) in [4.78, 5) is 19.5. The van der Waals surface area contributed by atoms with E-state index in [-0.39, 0.29) is 5.24 Å². The number of hydrazine groups is 1. The third-order valence-electron chi connectivity index (χ3n) is 1.37. The maximum absolute atomic E-state index is 10.4. The first-order chi connectivity index (χ1) is 6.52. The second kappa shape index (κ2) is 7.92. The number of nitrogens with zero attached hydrogens (tertiary/aromatic N) is 1. The van der Waals surface area contributed by atoms with Crippen LogP contribution in [-0.2, 0) is 0 Å². The van der Waals surface area contributed by atoms with Gasteiger partial charge in [0.2, 0.25) is 0 Å². The molecule has 0 unspecified atom stereocenters. The lowest BCUT2D eigenvalue weighted by Gasteiger charge is -2.26. The molecule has 0 radical (unpaired) electrons. The van der Waals surface area contributed by atoms with Crippen LogP contribution < -0.4 is 16.5 Å². The van der Waals surface area contributed by atoms with Crippen LogP contribution in [0, 0.1) is 0 Å². The Hall–Kier alpha value is -0.440. The largest absolute Gasteiger partial charge is 0.361 e. The first kappa shape index (κ1) is 13.6. The van der Waals surface area contributed by atoms with Gasteiger partial charge < -0.3 is 11.1 Å². The molecule has 1 saturated heterocycles. The van der Waals surface area contributed by atoms with Crippen LogP contribution in [0.1, 0.15) is 0 Å². The van der Waals surface area contributed by atoms with Gasteiger partial charge in [0.15, 0.2) is 0 Å². The van der Waals surface area contributed by atoms with Crippen molar-refractivity contribution in [2.75, 3.05) is 26.2 Å². The minimum Gasteiger partial charge on any atom is -0.361 e. The molecule has 1 aliphatic rings. The van der Waals surface area contributed by atoms with E-state index < -0.39 is 5.24 Å². The summed E-state index contributed by atoms with van der Waals surface area (Å²) in [6, 6.07) is 0. The fraction of sp³-hybridized carbons (Fsp3) is 0.667. The topological polar surface area (TPSA) is 87.5 Å². The smallest absolute Gasteiger partial charge is 0.290 e. The molecule has 0 aromatic carbocycles. The van der Waals surface area contributed by atoms with Gasteiger partial charge in [0.05, 0.1) is 0 Å². The molecule has 1 rings (SSSR count). The molecule has 82 valence electrons. The van der Waals surface area contributed by atoms with Crippen LogP contribution in [0.4, 0.5) is 9.59 Å². The number of thiol groups is 2. The Morgan fingerprint density at radius 2 is 1.71 bits per heavy atom. The fourth-order valence-electron chi connectivity index (χ4n) is 0.912. The number of hydrogen-bond donors (Lipinski definition) is 5. The van der Waals surface area contributed by atoms with Gasteiger partial charge in [0, 0.05) is 26.2 Å². The van der Waals surface area contributed by atoms with Crippen LogP contribution in [0.15, 0.2) is 0 Å². The van der Waals surface area contributed by atoms with Crippen molar-refractivity contribution in [3.8, 4) is 0 Å². The summed E-state index contributed by atoms with van der Waals surface area (Å²) in [5.74, 6) is 0. The molecule has 2 amide bonds. The molecule has 0 aromatic heterocycles. The molecule has 0 aliphatic carbocycles.